The first-order valence-electron chi connectivity index (χ1n) is 4.93. The highest BCUT2D eigenvalue weighted by Crippen LogP contribution is 1.98. The number of aromatic nitrogens is 1. The van der Waals surface area contributed by atoms with E-state index in [0.29, 0.717) is 0 Å². The summed E-state index contributed by atoms with van der Waals surface area (Å²) in [6.45, 7) is 2.23. The number of nitrogens with zero attached hydrogens (tertiary/aromatic N) is 2. The first-order valence-corrected chi connectivity index (χ1v) is 4.93. The van der Waals surface area contributed by atoms with Gasteiger partial charge in [-0.25, -0.2) is 0 Å². The zero-order valence-corrected chi connectivity index (χ0v) is 9.96. The van der Waals surface area contributed by atoms with E-state index in [0.717, 1.165) is 6.42 Å². The lowest BCUT2D eigenvalue weighted by Crippen LogP contribution is -3.00. The third-order valence-corrected chi connectivity index (χ3v) is 2.14. The van der Waals surface area contributed by atoms with E-state index >= 15 is 0 Å². The Kier molecular flexibility index (Phi) is 6.30. The molecule has 0 radical (unpaired) electrons. The van der Waals surface area contributed by atoms with E-state index in [4.69, 9.17) is 0 Å². The standard InChI is InChI=1S/C11H19N2.ClH/c1-4-5-8-11-9-6-7-10-13(11)12(2)3;/h6-7,9-10H,4-5,8H2,1-3H3;1H/q+1;/p-1. The van der Waals surface area contributed by atoms with Gasteiger partial charge in [-0.3, -0.25) is 0 Å². The summed E-state index contributed by atoms with van der Waals surface area (Å²) in [5.41, 5.74) is 1.38. The normalized spacial score (nSPS) is 9.36. The van der Waals surface area contributed by atoms with Crippen molar-refractivity contribution in [1.29, 1.82) is 0 Å². The number of rotatable bonds is 4. The van der Waals surface area contributed by atoms with Crippen LogP contribution in [0.4, 0.5) is 0 Å². The molecule has 0 saturated carbocycles. The summed E-state index contributed by atoms with van der Waals surface area (Å²) in [7, 11) is 4.13. The van der Waals surface area contributed by atoms with Gasteiger partial charge in [0.2, 0.25) is 5.69 Å². The van der Waals surface area contributed by atoms with Gasteiger partial charge in [0.15, 0.2) is 6.20 Å². The minimum Gasteiger partial charge on any atom is -1.00 e. The van der Waals surface area contributed by atoms with Gasteiger partial charge < -0.3 is 12.4 Å². The van der Waals surface area contributed by atoms with Crippen molar-refractivity contribution in [2.75, 3.05) is 19.1 Å². The van der Waals surface area contributed by atoms with Crippen molar-refractivity contribution in [2.24, 2.45) is 0 Å². The summed E-state index contributed by atoms with van der Waals surface area (Å²) in [5.74, 6) is 0. The van der Waals surface area contributed by atoms with Crippen molar-refractivity contribution in [3.8, 4) is 0 Å². The van der Waals surface area contributed by atoms with Crippen LogP contribution >= 0.6 is 0 Å². The molecule has 1 heterocycles. The summed E-state index contributed by atoms with van der Waals surface area (Å²) in [5, 5.41) is 2.10. The van der Waals surface area contributed by atoms with Crippen LogP contribution in [0, 0.1) is 0 Å². The summed E-state index contributed by atoms with van der Waals surface area (Å²) in [6, 6.07) is 6.36. The van der Waals surface area contributed by atoms with Gasteiger partial charge in [0, 0.05) is 18.6 Å². The molecule has 0 N–H and O–H groups in total. The van der Waals surface area contributed by atoms with Gasteiger partial charge >= 0.3 is 0 Å². The van der Waals surface area contributed by atoms with Gasteiger partial charge in [0.25, 0.3) is 0 Å². The molecule has 1 rings (SSSR count). The zero-order chi connectivity index (χ0) is 9.68. The molecule has 1 aromatic rings. The lowest BCUT2D eigenvalue weighted by atomic mass is 10.2. The minimum atomic E-state index is 0. The van der Waals surface area contributed by atoms with Gasteiger partial charge in [-0.2, -0.15) is 5.01 Å². The molecule has 14 heavy (non-hydrogen) atoms. The van der Waals surface area contributed by atoms with E-state index in [1.165, 1.54) is 18.5 Å². The van der Waals surface area contributed by atoms with E-state index in [1.807, 2.05) is 0 Å². The molecule has 0 atom stereocenters. The second-order valence-electron chi connectivity index (χ2n) is 3.49. The van der Waals surface area contributed by atoms with Crippen LogP contribution in [-0.2, 0) is 6.42 Å². The molecular formula is C11H19ClN2. The Bertz CT molecular complexity index is 261. The maximum Gasteiger partial charge on any atom is 0.211 e. The molecule has 2 nitrogen and oxygen atoms in total. The Morgan fingerprint density at radius 3 is 2.57 bits per heavy atom. The molecule has 80 valence electrons. The fourth-order valence-electron chi connectivity index (χ4n) is 1.42. The van der Waals surface area contributed by atoms with Crippen LogP contribution in [0.1, 0.15) is 25.5 Å². The Balaban J connectivity index is 0.00000169. The van der Waals surface area contributed by atoms with Crippen LogP contribution in [0.2, 0.25) is 0 Å². The van der Waals surface area contributed by atoms with Crippen LogP contribution in [-0.4, -0.2) is 14.1 Å². The quantitative estimate of drug-likeness (QED) is 0.555. The van der Waals surface area contributed by atoms with Crippen molar-refractivity contribution in [3.05, 3.63) is 30.1 Å². The van der Waals surface area contributed by atoms with E-state index < -0.39 is 0 Å². The highest BCUT2D eigenvalue weighted by molar-refractivity contribution is 4.97. The topological polar surface area (TPSA) is 7.12 Å². The smallest absolute Gasteiger partial charge is 0.211 e. The van der Waals surface area contributed by atoms with Crippen LogP contribution in [0.3, 0.4) is 0 Å². The zero-order valence-electron chi connectivity index (χ0n) is 9.20. The van der Waals surface area contributed by atoms with Crippen LogP contribution in [0.25, 0.3) is 0 Å². The average molecular weight is 215 g/mol. The number of unbranched alkanes of at least 4 members (excludes halogenated alkanes) is 1. The fourth-order valence-corrected chi connectivity index (χ4v) is 1.42. The van der Waals surface area contributed by atoms with Gasteiger partial charge in [-0.1, -0.05) is 18.0 Å². The van der Waals surface area contributed by atoms with Crippen molar-refractivity contribution in [1.82, 2.24) is 0 Å². The molecule has 0 amide bonds. The molecule has 0 aliphatic heterocycles. The minimum absolute atomic E-state index is 0. The molecule has 0 saturated heterocycles. The largest absolute Gasteiger partial charge is 1.00 e. The second kappa shape index (κ2) is 6.66. The molecule has 0 bridgehead atoms. The van der Waals surface area contributed by atoms with Gasteiger partial charge in [-0.05, 0) is 12.5 Å². The van der Waals surface area contributed by atoms with Gasteiger partial charge in [0.1, 0.15) is 0 Å². The number of aryl methyl sites for hydroxylation is 1. The fraction of sp³-hybridized carbons (Fsp3) is 0.545. The summed E-state index contributed by atoms with van der Waals surface area (Å²) < 4.78 is 2.19. The highest BCUT2D eigenvalue weighted by atomic mass is 35.5. The molecular weight excluding hydrogens is 196 g/mol. The van der Waals surface area contributed by atoms with Crippen LogP contribution in [0.15, 0.2) is 24.4 Å². The van der Waals surface area contributed by atoms with E-state index in [-0.39, 0.29) is 12.4 Å². The molecule has 0 spiro atoms. The van der Waals surface area contributed by atoms with E-state index in [9.17, 15) is 0 Å². The number of halogens is 1. The molecule has 0 aliphatic rings. The van der Waals surface area contributed by atoms with Crippen molar-refractivity contribution >= 4 is 0 Å². The Hall–Kier alpha value is -0.760. The number of hydrogen-bond acceptors (Lipinski definition) is 1. The Labute approximate surface area is 92.9 Å². The summed E-state index contributed by atoms with van der Waals surface area (Å²) in [4.78, 5) is 0. The Morgan fingerprint density at radius 1 is 1.29 bits per heavy atom. The molecule has 1 aromatic heterocycles. The lowest BCUT2D eigenvalue weighted by Gasteiger charge is -2.08. The molecule has 0 aromatic carbocycles. The first kappa shape index (κ1) is 13.2. The predicted octanol–water partition coefficient (Wildman–Crippen LogP) is -1.48. The monoisotopic (exact) mass is 214 g/mol. The molecule has 3 heteroatoms. The van der Waals surface area contributed by atoms with Crippen molar-refractivity contribution in [2.45, 2.75) is 26.2 Å². The van der Waals surface area contributed by atoms with Crippen molar-refractivity contribution < 1.29 is 17.1 Å². The lowest BCUT2D eigenvalue weighted by molar-refractivity contribution is -0.694. The number of hydrogen-bond donors (Lipinski definition) is 0. The summed E-state index contributed by atoms with van der Waals surface area (Å²) in [6.07, 6.45) is 5.78. The van der Waals surface area contributed by atoms with Gasteiger partial charge in [0.05, 0.1) is 14.1 Å². The average Bonchev–Trinajstić information content (AvgIpc) is 2.15. The maximum atomic E-state index is 2.23. The second-order valence-corrected chi connectivity index (χ2v) is 3.49. The van der Waals surface area contributed by atoms with E-state index in [1.54, 1.807) is 0 Å². The summed E-state index contributed by atoms with van der Waals surface area (Å²) >= 11 is 0. The molecule has 0 fully saturated rings. The number of pyridine rings is 1. The van der Waals surface area contributed by atoms with E-state index in [2.05, 4.69) is 55.1 Å². The maximum absolute atomic E-state index is 2.23. The highest BCUT2D eigenvalue weighted by Gasteiger charge is 2.09. The van der Waals surface area contributed by atoms with Gasteiger partial charge in [-0.15, -0.1) is 0 Å². The Morgan fingerprint density at radius 2 is 2.00 bits per heavy atom. The third-order valence-electron chi connectivity index (χ3n) is 2.14. The van der Waals surface area contributed by atoms with Crippen LogP contribution in [0.5, 0.6) is 0 Å². The van der Waals surface area contributed by atoms with Crippen LogP contribution < -0.4 is 22.1 Å². The van der Waals surface area contributed by atoms with Crippen molar-refractivity contribution in [3.63, 3.8) is 0 Å². The first-order chi connectivity index (χ1) is 6.25. The molecule has 0 unspecified atom stereocenters. The predicted molar refractivity (Wildman–Crippen MR) is 55.3 cm³/mol. The third kappa shape index (κ3) is 3.54. The molecule has 0 aliphatic carbocycles. The SMILES string of the molecule is CCCCc1cccc[n+]1N(C)C.[Cl-].